The first-order valence-electron chi connectivity index (χ1n) is 46.2. The highest BCUT2D eigenvalue weighted by molar-refractivity contribution is 7.90. The second kappa shape index (κ2) is 42.7. The van der Waals surface area contributed by atoms with Gasteiger partial charge in [0.1, 0.15) is 33.0 Å². The van der Waals surface area contributed by atoms with Crippen molar-refractivity contribution in [3.05, 3.63) is 315 Å². The Bertz CT molecular complexity index is 6970. The van der Waals surface area contributed by atoms with Crippen LogP contribution in [0.15, 0.2) is 280 Å². The van der Waals surface area contributed by atoms with Crippen LogP contribution in [0, 0.1) is 13.8 Å². The minimum absolute atomic E-state index is 0.00704. The summed E-state index contributed by atoms with van der Waals surface area (Å²) >= 11 is 12.1. The fraction of sp³-hybridized carbons (Fsp3) is 0.324. The summed E-state index contributed by atoms with van der Waals surface area (Å²) in [4.78, 5) is 71.5. The molecule has 37 heteroatoms. The van der Waals surface area contributed by atoms with E-state index in [-0.39, 0.29) is 87.3 Å². The molecule has 0 unspecified atom stereocenters. The van der Waals surface area contributed by atoms with E-state index in [0.29, 0.717) is 159 Å². The van der Waals surface area contributed by atoms with Gasteiger partial charge in [-0.15, -0.1) is 0 Å². The molecule has 10 heterocycles. The molecule has 5 amide bonds. The van der Waals surface area contributed by atoms with Gasteiger partial charge in [0.15, 0.2) is 0 Å². The molecule has 728 valence electrons. The lowest BCUT2D eigenvalue weighted by Crippen LogP contribution is -2.50. The summed E-state index contributed by atoms with van der Waals surface area (Å²) in [5, 5.41) is 3.10. The summed E-state index contributed by atoms with van der Waals surface area (Å²) in [5.74, 6) is 0.00704. The lowest BCUT2D eigenvalue weighted by Gasteiger charge is -2.39. The van der Waals surface area contributed by atoms with Gasteiger partial charge in [-0.3, -0.25) is 24.5 Å². The van der Waals surface area contributed by atoms with Gasteiger partial charge in [-0.2, -0.15) is 17.2 Å². The average molecular weight is 2020 g/mol. The number of carbonyl (C=O) groups excluding carboxylic acids is 5. The number of anilines is 5. The van der Waals surface area contributed by atoms with Gasteiger partial charge in [-0.1, -0.05) is 192 Å². The van der Waals surface area contributed by atoms with Crippen LogP contribution in [-0.2, 0) is 113 Å². The van der Waals surface area contributed by atoms with Crippen molar-refractivity contribution in [1.82, 2.24) is 21.5 Å². The van der Waals surface area contributed by atoms with Crippen LogP contribution in [0.1, 0.15) is 109 Å². The van der Waals surface area contributed by atoms with E-state index in [1.54, 1.807) is 140 Å². The SMILES string of the molecule is Cc1ccc(S(=O)(=O)N2CCC(N3C(=O)OCc4cc(Cl)ccc43)CC2)cc1.Cc1ccc(S(=O)(=O)N2CCC(N3C(=O)OCc4ccccc43)CC2)cc1.O=C1OCc2cc(Cl)ccc2N1C1CCN(S(=O)(=O)c2ccccc2)CC1.O=C1OCc2ccccc2N1C1CCN(S(=O)(=O)Cc2ccccc2)CC1.O=C1OCc2ccccc2N1C1CCN(S(=O)(=O)c2ccc3ccccc3c2)CC1. The topological polar surface area (TPSA) is 335 Å². The molecule has 11 aromatic carbocycles. The molecule has 0 bridgehead atoms. The molecular weight excluding hydrogens is 1920 g/mol. The Kier molecular flexibility index (Phi) is 30.3. The number of nitrogens with zero attached hydrogens (tertiary/aromatic N) is 10. The van der Waals surface area contributed by atoms with Gasteiger partial charge in [-0.25, -0.2) is 70.4 Å². The zero-order valence-corrected chi connectivity index (χ0v) is 82.1. The zero-order chi connectivity index (χ0) is 97.5. The fourth-order valence-corrected chi connectivity index (χ4v) is 27.1. The molecule has 10 aliphatic heterocycles. The zero-order valence-electron chi connectivity index (χ0n) is 76.5. The monoisotopic (exact) mass is 2020 g/mol. The van der Waals surface area contributed by atoms with E-state index in [4.69, 9.17) is 46.9 Å². The third-order valence-electron chi connectivity index (χ3n) is 26.7. The maximum Gasteiger partial charge on any atom is 0.414 e. The Balaban J connectivity index is 0.000000120. The Hall–Kier alpha value is -11.8. The summed E-state index contributed by atoms with van der Waals surface area (Å²) < 4.78 is 163. The maximum absolute atomic E-state index is 13.2. The van der Waals surface area contributed by atoms with Crippen molar-refractivity contribution in [2.75, 3.05) is 89.9 Å². The molecule has 0 N–H and O–H groups in total. The molecular formula is C102H106Cl2N10O20S5. The molecule has 0 spiro atoms. The van der Waals surface area contributed by atoms with Crippen LogP contribution in [0.2, 0.25) is 10.0 Å². The standard InChI is InChI=1S/C23H22N2O4S.C20H21ClN2O4S.2C20H22N2O4S.C19H19ClN2O4S/c26-23-25(22-8-4-3-7-19(22)16-29-23)20-11-13-24(14-12-20)30(27,28)21-10-9-17-5-1-2-6-18(17)15-21;1-14-2-5-18(6-3-14)28(25,26)22-10-8-17(9-11-22)23-19-7-4-16(21)12-15(19)13-27-20(23)24;1-15-6-8-18(9-7-15)27(24,25)21-12-10-17(11-13-21)22-19-5-3-2-4-16(19)14-26-20(22)23;23-20-22(19-9-5-4-8-17(19)14-26-20)18-10-12-21(13-11-18)27(24,25)15-16-6-2-1-3-7-16;20-15-6-7-18-14(12-15)13-26-19(23)22(18)16-8-10-21(11-9-16)27(24,25)17-4-2-1-3-5-17/h1-10,15,20H,11-14,16H2;2-7,12,17H,8-11,13H2,1H3;2-9,17H,10-14H2,1H3;1-9,18H,10-15H2;1-7,12,16H,8-11,13H2. The molecule has 30 nitrogen and oxygen atoms in total. The quantitative estimate of drug-likeness (QED) is 0.0811. The van der Waals surface area contributed by atoms with Crippen molar-refractivity contribution in [2.45, 2.75) is 167 Å². The number of benzene rings is 11. The number of cyclic esters (lactones) is 5. The van der Waals surface area contributed by atoms with Crippen LogP contribution in [0.25, 0.3) is 10.8 Å². The fourth-order valence-electron chi connectivity index (χ4n) is 19.2. The van der Waals surface area contributed by atoms with E-state index in [1.807, 2.05) is 159 Å². The van der Waals surface area contributed by atoms with E-state index >= 15 is 0 Å². The number of carbonyl (C=O) groups is 5. The summed E-state index contributed by atoms with van der Waals surface area (Å²) in [5.41, 5.74) is 11.7. The minimum atomic E-state index is -3.58. The van der Waals surface area contributed by atoms with E-state index in [2.05, 4.69) is 0 Å². The lowest BCUT2D eigenvalue weighted by atomic mass is 10.0. The van der Waals surface area contributed by atoms with E-state index in [0.717, 1.165) is 83.7 Å². The van der Waals surface area contributed by atoms with Gasteiger partial charge < -0.3 is 23.7 Å². The Labute approximate surface area is 820 Å². The summed E-state index contributed by atoms with van der Waals surface area (Å²) in [6, 6.07) is 77.8. The molecule has 0 aromatic heterocycles. The molecule has 21 rings (SSSR count). The number of rotatable bonds is 16. The molecule has 0 radical (unpaired) electrons. The molecule has 0 saturated carbocycles. The van der Waals surface area contributed by atoms with E-state index in [9.17, 15) is 66.1 Å². The molecule has 139 heavy (non-hydrogen) atoms. The molecule has 10 aliphatic rings. The largest absolute Gasteiger partial charge is 0.444 e. The van der Waals surface area contributed by atoms with Crippen molar-refractivity contribution in [3.8, 4) is 0 Å². The highest BCUT2D eigenvalue weighted by atomic mass is 35.5. The molecule has 0 atom stereocenters. The number of hydrogen-bond donors (Lipinski definition) is 0. The number of ether oxygens (including phenoxy) is 5. The first kappa shape index (κ1) is 98.8. The Morgan fingerprint density at radius 3 is 0.856 bits per heavy atom. The van der Waals surface area contributed by atoms with Crippen LogP contribution in [0.5, 0.6) is 0 Å². The Morgan fingerprint density at radius 1 is 0.259 bits per heavy atom. The minimum Gasteiger partial charge on any atom is -0.444 e. The van der Waals surface area contributed by atoms with Gasteiger partial charge in [-0.05, 0) is 198 Å². The van der Waals surface area contributed by atoms with Crippen molar-refractivity contribution < 1.29 is 89.7 Å². The number of sulfonamides is 5. The van der Waals surface area contributed by atoms with Crippen molar-refractivity contribution >= 4 is 143 Å². The average Bonchev–Trinajstić information content (AvgIpc) is 0.801. The second-order valence-electron chi connectivity index (χ2n) is 35.4. The van der Waals surface area contributed by atoms with Gasteiger partial charge >= 0.3 is 30.5 Å². The number of hydrogen-bond acceptors (Lipinski definition) is 20. The lowest BCUT2D eigenvalue weighted by molar-refractivity contribution is 0.135. The van der Waals surface area contributed by atoms with Gasteiger partial charge in [0.05, 0.1) is 53.8 Å². The molecule has 0 aliphatic carbocycles. The van der Waals surface area contributed by atoms with Crippen LogP contribution >= 0.6 is 23.2 Å². The highest BCUT2D eigenvalue weighted by Gasteiger charge is 2.44. The number of fused-ring (bicyclic) bond motifs is 6. The number of halogens is 2. The van der Waals surface area contributed by atoms with Crippen LogP contribution in [0.3, 0.4) is 0 Å². The first-order valence-corrected chi connectivity index (χ1v) is 54.3. The smallest absolute Gasteiger partial charge is 0.414 e. The molecule has 5 fully saturated rings. The summed E-state index contributed by atoms with van der Waals surface area (Å²) in [7, 11) is -17.5. The predicted octanol–water partition coefficient (Wildman–Crippen LogP) is 18.2. The third-order valence-corrected chi connectivity index (χ3v) is 36.6. The molecule has 11 aromatic rings. The van der Waals surface area contributed by atoms with Crippen LogP contribution < -0.4 is 24.5 Å². The predicted molar refractivity (Wildman–Crippen MR) is 529 cm³/mol. The van der Waals surface area contributed by atoms with Crippen LogP contribution in [-0.4, -0.2) is 190 Å². The summed E-state index contributed by atoms with van der Waals surface area (Å²) in [6.45, 7) is 8.84. The molecule has 5 saturated heterocycles. The normalized spacial score (nSPS) is 18.7. The van der Waals surface area contributed by atoms with Crippen LogP contribution in [0.4, 0.5) is 52.4 Å². The number of para-hydroxylation sites is 3. The van der Waals surface area contributed by atoms with Crippen molar-refractivity contribution in [2.24, 2.45) is 0 Å². The number of piperidine rings is 5. The summed E-state index contributed by atoms with van der Waals surface area (Å²) in [6.07, 6.45) is 3.81. The highest BCUT2D eigenvalue weighted by Crippen LogP contribution is 2.42. The van der Waals surface area contributed by atoms with Gasteiger partial charge in [0, 0.05) is 134 Å². The van der Waals surface area contributed by atoms with Gasteiger partial charge in [0.2, 0.25) is 50.1 Å². The van der Waals surface area contributed by atoms with E-state index < -0.39 is 62.3 Å². The number of amides is 5. The third kappa shape index (κ3) is 22.0. The first-order chi connectivity index (χ1) is 66.9. The maximum atomic E-state index is 13.2. The van der Waals surface area contributed by atoms with Crippen molar-refractivity contribution in [1.29, 1.82) is 0 Å². The number of aryl methyl sites for hydroxylation is 2. The van der Waals surface area contributed by atoms with Gasteiger partial charge in [0.25, 0.3) is 0 Å². The van der Waals surface area contributed by atoms with Crippen molar-refractivity contribution in [3.63, 3.8) is 0 Å². The van der Waals surface area contributed by atoms with E-state index in [1.165, 1.54) is 21.5 Å². The Morgan fingerprint density at radius 2 is 0.518 bits per heavy atom. The second-order valence-corrected chi connectivity index (χ2v) is 46.0.